The minimum atomic E-state index is 0.215. The maximum Gasteiger partial charge on any atom is 0.119 e. The second-order valence-electron chi connectivity index (χ2n) is 3.99. The van der Waals surface area contributed by atoms with Gasteiger partial charge >= 0.3 is 0 Å². The Kier molecular flexibility index (Phi) is 3.60. The average molecular weight is 228 g/mol. The van der Waals surface area contributed by atoms with Gasteiger partial charge in [0.25, 0.3) is 0 Å². The van der Waals surface area contributed by atoms with Crippen molar-refractivity contribution >= 4 is 16.6 Å². The van der Waals surface area contributed by atoms with Crippen LogP contribution in [0.4, 0.5) is 0 Å². The SMILES string of the molecule is N=C(N)CCCOc1ccc2ccccc2c1. The molecule has 0 fully saturated rings. The van der Waals surface area contributed by atoms with Gasteiger partial charge in [-0.3, -0.25) is 5.41 Å². The molecule has 0 saturated heterocycles. The topological polar surface area (TPSA) is 59.1 Å². The largest absolute Gasteiger partial charge is 0.494 e. The molecule has 0 aromatic heterocycles. The van der Waals surface area contributed by atoms with E-state index in [0.29, 0.717) is 13.0 Å². The molecule has 3 N–H and O–H groups in total. The maximum atomic E-state index is 7.11. The Labute approximate surface area is 101 Å². The molecule has 0 atom stereocenters. The normalized spacial score (nSPS) is 10.4. The first-order valence-electron chi connectivity index (χ1n) is 5.70. The predicted octanol–water partition coefficient (Wildman–Crippen LogP) is 2.93. The summed E-state index contributed by atoms with van der Waals surface area (Å²) in [5.41, 5.74) is 5.27. The molecule has 0 unspecified atom stereocenters. The van der Waals surface area contributed by atoms with Gasteiger partial charge in [0.2, 0.25) is 0 Å². The Balaban J connectivity index is 1.97. The monoisotopic (exact) mass is 228 g/mol. The van der Waals surface area contributed by atoms with Crippen molar-refractivity contribution in [2.45, 2.75) is 12.8 Å². The van der Waals surface area contributed by atoms with Crippen molar-refractivity contribution in [2.75, 3.05) is 6.61 Å². The zero-order valence-corrected chi connectivity index (χ0v) is 9.65. The summed E-state index contributed by atoms with van der Waals surface area (Å²) in [5, 5.41) is 9.50. The summed E-state index contributed by atoms with van der Waals surface area (Å²) in [6.45, 7) is 0.595. The number of ether oxygens (including phenoxy) is 1. The minimum absolute atomic E-state index is 0.215. The zero-order chi connectivity index (χ0) is 12.1. The third kappa shape index (κ3) is 3.21. The van der Waals surface area contributed by atoms with Crippen LogP contribution in [0, 0.1) is 5.41 Å². The number of nitrogens with two attached hydrogens (primary N) is 1. The van der Waals surface area contributed by atoms with E-state index in [1.807, 2.05) is 24.3 Å². The van der Waals surface area contributed by atoms with E-state index in [4.69, 9.17) is 15.9 Å². The second kappa shape index (κ2) is 5.34. The van der Waals surface area contributed by atoms with Crippen LogP contribution in [0.1, 0.15) is 12.8 Å². The lowest BCUT2D eigenvalue weighted by Crippen LogP contribution is -2.10. The molecular weight excluding hydrogens is 212 g/mol. The summed E-state index contributed by atoms with van der Waals surface area (Å²) in [5.74, 6) is 1.08. The fraction of sp³-hybridized carbons (Fsp3) is 0.214. The van der Waals surface area contributed by atoms with Crippen LogP contribution in [0.3, 0.4) is 0 Å². The molecule has 17 heavy (non-hydrogen) atoms. The molecule has 0 aliphatic carbocycles. The van der Waals surface area contributed by atoms with Gasteiger partial charge in [0, 0.05) is 6.42 Å². The molecule has 0 bridgehead atoms. The number of amidine groups is 1. The van der Waals surface area contributed by atoms with Gasteiger partial charge in [-0.25, -0.2) is 0 Å². The molecule has 3 heteroatoms. The highest BCUT2D eigenvalue weighted by atomic mass is 16.5. The van der Waals surface area contributed by atoms with Crippen LogP contribution in [0.15, 0.2) is 42.5 Å². The number of nitrogens with one attached hydrogen (secondary N) is 1. The van der Waals surface area contributed by atoms with E-state index in [-0.39, 0.29) is 5.84 Å². The molecule has 0 spiro atoms. The highest BCUT2D eigenvalue weighted by molar-refractivity contribution is 5.83. The minimum Gasteiger partial charge on any atom is -0.494 e. The van der Waals surface area contributed by atoms with Gasteiger partial charge in [-0.1, -0.05) is 30.3 Å². The van der Waals surface area contributed by atoms with Crippen LogP contribution in [0.25, 0.3) is 10.8 Å². The molecule has 0 radical (unpaired) electrons. The Morgan fingerprint density at radius 2 is 1.88 bits per heavy atom. The van der Waals surface area contributed by atoms with E-state index in [9.17, 15) is 0 Å². The number of fused-ring (bicyclic) bond motifs is 1. The van der Waals surface area contributed by atoms with Gasteiger partial charge in [0.1, 0.15) is 5.75 Å². The van der Waals surface area contributed by atoms with Crippen LogP contribution in [-0.2, 0) is 0 Å². The van der Waals surface area contributed by atoms with Crippen molar-refractivity contribution in [1.29, 1.82) is 5.41 Å². The Bertz CT molecular complexity index is 522. The van der Waals surface area contributed by atoms with Crippen LogP contribution in [-0.4, -0.2) is 12.4 Å². The summed E-state index contributed by atoms with van der Waals surface area (Å²) in [6, 6.07) is 14.2. The lowest BCUT2D eigenvalue weighted by atomic mass is 10.1. The molecule has 0 aliphatic heterocycles. The van der Waals surface area contributed by atoms with Gasteiger partial charge in [-0.15, -0.1) is 0 Å². The van der Waals surface area contributed by atoms with Gasteiger partial charge in [-0.2, -0.15) is 0 Å². The second-order valence-corrected chi connectivity index (χ2v) is 3.99. The fourth-order valence-corrected chi connectivity index (χ4v) is 1.71. The predicted molar refractivity (Wildman–Crippen MR) is 70.6 cm³/mol. The number of hydrogen-bond donors (Lipinski definition) is 2. The highest BCUT2D eigenvalue weighted by Crippen LogP contribution is 2.20. The maximum absolute atomic E-state index is 7.11. The van der Waals surface area contributed by atoms with Gasteiger partial charge in [-0.05, 0) is 29.3 Å². The molecule has 2 rings (SSSR count). The van der Waals surface area contributed by atoms with E-state index in [2.05, 4.69) is 18.2 Å². The highest BCUT2D eigenvalue weighted by Gasteiger charge is 1.97. The van der Waals surface area contributed by atoms with E-state index in [1.54, 1.807) is 0 Å². The Morgan fingerprint density at radius 3 is 2.65 bits per heavy atom. The Morgan fingerprint density at radius 1 is 1.12 bits per heavy atom. The average Bonchev–Trinajstić information content (AvgIpc) is 2.34. The van der Waals surface area contributed by atoms with Crippen molar-refractivity contribution < 1.29 is 4.74 Å². The molecule has 0 aliphatic rings. The van der Waals surface area contributed by atoms with E-state index >= 15 is 0 Å². The van der Waals surface area contributed by atoms with E-state index in [0.717, 1.165) is 12.2 Å². The molecule has 0 heterocycles. The van der Waals surface area contributed by atoms with Crippen molar-refractivity contribution in [3.63, 3.8) is 0 Å². The van der Waals surface area contributed by atoms with Crippen LogP contribution in [0.5, 0.6) is 5.75 Å². The smallest absolute Gasteiger partial charge is 0.119 e. The van der Waals surface area contributed by atoms with Crippen molar-refractivity contribution in [3.05, 3.63) is 42.5 Å². The summed E-state index contributed by atoms with van der Waals surface area (Å²) in [6.07, 6.45) is 1.37. The standard InChI is InChI=1S/C14H16N2O/c15-14(16)6-3-9-17-13-8-7-11-4-1-2-5-12(11)10-13/h1-2,4-5,7-8,10H,3,6,9H2,(H3,15,16). The van der Waals surface area contributed by atoms with E-state index < -0.39 is 0 Å². The molecule has 3 nitrogen and oxygen atoms in total. The number of rotatable bonds is 5. The summed E-state index contributed by atoms with van der Waals surface area (Å²) in [7, 11) is 0. The molecule has 2 aromatic rings. The first-order valence-corrected chi connectivity index (χ1v) is 5.70. The molecule has 0 saturated carbocycles. The van der Waals surface area contributed by atoms with Crippen molar-refractivity contribution in [1.82, 2.24) is 0 Å². The molecular formula is C14H16N2O. The third-order valence-electron chi connectivity index (χ3n) is 2.58. The quantitative estimate of drug-likeness (QED) is 0.469. The van der Waals surface area contributed by atoms with E-state index in [1.165, 1.54) is 10.8 Å². The molecule has 2 aromatic carbocycles. The van der Waals surface area contributed by atoms with Crippen LogP contribution in [0.2, 0.25) is 0 Å². The summed E-state index contributed by atoms with van der Waals surface area (Å²) < 4.78 is 5.61. The lowest BCUT2D eigenvalue weighted by Gasteiger charge is -2.06. The summed E-state index contributed by atoms with van der Waals surface area (Å²) >= 11 is 0. The number of hydrogen-bond acceptors (Lipinski definition) is 2. The van der Waals surface area contributed by atoms with Gasteiger partial charge in [0.15, 0.2) is 0 Å². The summed E-state index contributed by atoms with van der Waals surface area (Å²) in [4.78, 5) is 0. The van der Waals surface area contributed by atoms with Gasteiger partial charge < -0.3 is 10.5 Å². The van der Waals surface area contributed by atoms with Crippen molar-refractivity contribution in [2.24, 2.45) is 5.73 Å². The third-order valence-corrected chi connectivity index (χ3v) is 2.58. The van der Waals surface area contributed by atoms with Crippen molar-refractivity contribution in [3.8, 4) is 5.75 Å². The Hall–Kier alpha value is -2.03. The molecule has 0 amide bonds. The number of benzene rings is 2. The molecule has 88 valence electrons. The zero-order valence-electron chi connectivity index (χ0n) is 9.65. The van der Waals surface area contributed by atoms with Crippen LogP contribution < -0.4 is 10.5 Å². The van der Waals surface area contributed by atoms with Gasteiger partial charge in [0.05, 0.1) is 12.4 Å². The van der Waals surface area contributed by atoms with Crippen LogP contribution >= 0.6 is 0 Å². The first kappa shape index (κ1) is 11.5. The fourth-order valence-electron chi connectivity index (χ4n) is 1.71. The lowest BCUT2D eigenvalue weighted by molar-refractivity contribution is 0.314. The first-order chi connectivity index (χ1) is 8.25.